The number of pyridine rings is 1. The second kappa shape index (κ2) is 9.52. The average molecular weight is 488 g/mol. The van der Waals surface area contributed by atoms with E-state index >= 15 is 0 Å². The topological polar surface area (TPSA) is 80.2 Å². The Morgan fingerprint density at radius 3 is 2.69 bits per heavy atom. The van der Waals surface area contributed by atoms with E-state index in [-0.39, 0.29) is 28.7 Å². The van der Waals surface area contributed by atoms with Crippen molar-refractivity contribution in [3.63, 3.8) is 0 Å². The quantitative estimate of drug-likeness (QED) is 0.530. The molecule has 1 unspecified atom stereocenters. The van der Waals surface area contributed by atoms with Gasteiger partial charge in [-0.25, -0.2) is 0 Å². The third-order valence-electron chi connectivity index (χ3n) is 5.18. The van der Waals surface area contributed by atoms with Gasteiger partial charge in [0.2, 0.25) is 5.91 Å². The van der Waals surface area contributed by atoms with E-state index in [1.807, 2.05) is 41.1 Å². The van der Waals surface area contributed by atoms with Crippen molar-refractivity contribution in [2.75, 3.05) is 13.1 Å². The van der Waals surface area contributed by atoms with Crippen LogP contribution in [0.25, 0.3) is 5.69 Å². The number of aromatic nitrogens is 1. The molecule has 0 saturated carbocycles. The zero-order chi connectivity index (χ0) is 22.8. The molecule has 1 aliphatic rings. The first-order chi connectivity index (χ1) is 15.3. The number of halogens is 1. The molecule has 4 rings (SSSR count). The van der Waals surface area contributed by atoms with E-state index in [4.69, 9.17) is 11.6 Å². The number of thioether (sulfide) groups is 1. The molecule has 2 amide bonds. The molecule has 6 nitrogen and oxygen atoms in total. The molecule has 3 aromatic rings. The monoisotopic (exact) mass is 487 g/mol. The summed E-state index contributed by atoms with van der Waals surface area (Å²) in [5.41, 5.74) is 2.18. The van der Waals surface area contributed by atoms with Gasteiger partial charge in [0.15, 0.2) is 5.43 Å². The molecule has 166 valence electrons. The highest BCUT2D eigenvalue weighted by molar-refractivity contribution is 7.99. The van der Waals surface area contributed by atoms with Gasteiger partial charge < -0.3 is 15.2 Å². The molecule has 32 heavy (non-hydrogen) atoms. The number of benzene rings is 1. The van der Waals surface area contributed by atoms with Gasteiger partial charge in [-0.15, -0.1) is 23.1 Å². The first-order valence-corrected chi connectivity index (χ1v) is 12.3. The zero-order valence-electron chi connectivity index (χ0n) is 17.6. The highest BCUT2D eigenvalue weighted by Crippen LogP contribution is 2.46. The van der Waals surface area contributed by atoms with Crippen LogP contribution in [0.3, 0.4) is 0 Å². The van der Waals surface area contributed by atoms with Crippen molar-refractivity contribution in [1.82, 2.24) is 15.2 Å². The van der Waals surface area contributed by atoms with Crippen LogP contribution < -0.4 is 16.1 Å². The molecule has 2 N–H and O–H groups in total. The molecule has 0 bridgehead atoms. The number of nitrogens with zero attached hydrogens (tertiary/aromatic N) is 1. The first-order valence-electron chi connectivity index (χ1n) is 10.1. The lowest BCUT2D eigenvalue weighted by atomic mass is 10.0. The van der Waals surface area contributed by atoms with Crippen molar-refractivity contribution in [2.45, 2.75) is 30.4 Å². The van der Waals surface area contributed by atoms with E-state index in [9.17, 15) is 14.4 Å². The van der Waals surface area contributed by atoms with Crippen molar-refractivity contribution in [1.29, 1.82) is 0 Å². The largest absolute Gasteiger partial charge is 0.355 e. The van der Waals surface area contributed by atoms with E-state index < -0.39 is 5.91 Å². The predicted molar refractivity (Wildman–Crippen MR) is 129 cm³/mol. The minimum absolute atomic E-state index is 0.0353. The molecule has 1 aliphatic heterocycles. The smallest absolute Gasteiger partial charge is 0.257 e. The molecule has 2 aromatic heterocycles. The predicted octanol–water partition coefficient (Wildman–Crippen LogP) is 4.12. The lowest BCUT2D eigenvalue weighted by Crippen LogP contribution is -2.37. The minimum atomic E-state index is -0.434. The maximum Gasteiger partial charge on any atom is 0.257 e. The van der Waals surface area contributed by atoms with Crippen LogP contribution in [0.4, 0.5) is 0 Å². The number of amides is 2. The zero-order valence-corrected chi connectivity index (χ0v) is 20.0. The van der Waals surface area contributed by atoms with E-state index in [1.165, 1.54) is 17.9 Å². The lowest BCUT2D eigenvalue weighted by Gasteiger charge is -2.20. The number of fused-ring (bicyclic) bond motifs is 3. The number of carbonyl (C=O) groups is 2. The van der Waals surface area contributed by atoms with Gasteiger partial charge in [-0.05, 0) is 36.6 Å². The second-order valence-electron chi connectivity index (χ2n) is 7.48. The summed E-state index contributed by atoms with van der Waals surface area (Å²) in [6, 6.07) is 11.3. The van der Waals surface area contributed by atoms with Crippen LogP contribution in [0.5, 0.6) is 0 Å². The molecule has 1 atom stereocenters. The summed E-state index contributed by atoms with van der Waals surface area (Å²) in [4.78, 5) is 39.3. The number of nitrogens with one attached hydrogen (secondary N) is 2. The van der Waals surface area contributed by atoms with Crippen molar-refractivity contribution in [3.8, 4) is 5.69 Å². The summed E-state index contributed by atoms with van der Waals surface area (Å²) < 4.78 is 2.00. The van der Waals surface area contributed by atoms with E-state index in [1.54, 1.807) is 23.1 Å². The number of carbonyl (C=O) groups excluding carboxylic acids is 2. The Kier molecular flexibility index (Phi) is 6.74. The summed E-state index contributed by atoms with van der Waals surface area (Å²) >= 11 is 9.65. The second-order valence-corrected chi connectivity index (χ2v) is 10.1. The van der Waals surface area contributed by atoms with Gasteiger partial charge in [-0.2, -0.15) is 0 Å². The minimum Gasteiger partial charge on any atom is -0.355 e. The van der Waals surface area contributed by atoms with Crippen molar-refractivity contribution < 1.29 is 9.59 Å². The molecular weight excluding hydrogens is 466 g/mol. The molecule has 0 aliphatic carbocycles. The summed E-state index contributed by atoms with van der Waals surface area (Å²) in [6.07, 6.45) is 0.517. The molecule has 3 heterocycles. The third-order valence-corrected chi connectivity index (χ3v) is 7.84. The standard InChI is InChI=1S/C23H22ClN3O3S2/c1-13-10-18(29)22(23(30)26-8-7-25-14(2)28)17-12-21(19-4-3-9-31-19)32-20-11-15(24)5-6-16(20)27(13)17/h3-6,9-11,21H,7-8,12H2,1-2H3,(H,25,28)(H,26,30). The maximum absolute atomic E-state index is 13.1. The van der Waals surface area contributed by atoms with E-state index in [0.717, 1.165) is 16.3 Å². The van der Waals surface area contributed by atoms with Gasteiger partial charge in [-0.1, -0.05) is 17.7 Å². The third kappa shape index (κ3) is 4.62. The molecule has 0 saturated heterocycles. The maximum atomic E-state index is 13.1. The fourth-order valence-corrected chi connectivity index (χ4v) is 6.31. The van der Waals surface area contributed by atoms with Gasteiger partial charge in [0.25, 0.3) is 5.91 Å². The van der Waals surface area contributed by atoms with E-state index in [2.05, 4.69) is 16.7 Å². The summed E-state index contributed by atoms with van der Waals surface area (Å²) in [6.45, 7) is 3.82. The van der Waals surface area contributed by atoms with Crippen molar-refractivity contribution in [3.05, 3.63) is 78.9 Å². The Morgan fingerprint density at radius 1 is 1.19 bits per heavy atom. The summed E-state index contributed by atoms with van der Waals surface area (Å²) in [5, 5.41) is 8.12. The number of rotatable bonds is 5. The average Bonchev–Trinajstić information content (AvgIpc) is 3.21. The molecule has 9 heteroatoms. The molecule has 0 fully saturated rings. The van der Waals surface area contributed by atoms with Crippen molar-refractivity contribution >= 4 is 46.5 Å². The van der Waals surface area contributed by atoms with Gasteiger partial charge in [0, 0.05) is 63.9 Å². The summed E-state index contributed by atoms with van der Waals surface area (Å²) in [7, 11) is 0. The van der Waals surface area contributed by atoms with E-state index in [0.29, 0.717) is 23.7 Å². The Hall–Kier alpha value is -2.55. The van der Waals surface area contributed by atoms with Crippen molar-refractivity contribution in [2.24, 2.45) is 0 Å². The molecule has 0 radical (unpaired) electrons. The Morgan fingerprint density at radius 2 is 1.97 bits per heavy atom. The molecular formula is C23H22ClN3O3S2. The highest BCUT2D eigenvalue weighted by Gasteiger charge is 2.29. The Bertz CT molecular complexity index is 1240. The number of hydrogen-bond acceptors (Lipinski definition) is 5. The van der Waals surface area contributed by atoms with Crippen LogP contribution in [0.1, 0.15) is 38.8 Å². The SMILES string of the molecule is CC(=O)NCCNC(=O)c1c2n(c(C)cc1=O)-c1ccc(Cl)cc1SC(c1cccs1)C2. The number of aryl methyl sites for hydroxylation is 1. The molecule has 0 spiro atoms. The van der Waals surface area contributed by atoms with Crippen LogP contribution in [-0.2, 0) is 11.2 Å². The summed E-state index contributed by atoms with van der Waals surface area (Å²) in [5.74, 6) is -0.606. The molecule has 1 aromatic carbocycles. The van der Waals surface area contributed by atoms with Gasteiger partial charge in [0.05, 0.1) is 5.69 Å². The number of thiophene rings is 1. The van der Waals surface area contributed by atoms with Crippen LogP contribution in [-0.4, -0.2) is 29.5 Å². The van der Waals surface area contributed by atoms with Crippen LogP contribution in [0, 0.1) is 6.92 Å². The highest BCUT2D eigenvalue weighted by atomic mass is 35.5. The van der Waals surface area contributed by atoms with Gasteiger partial charge in [-0.3, -0.25) is 14.4 Å². The lowest BCUT2D eigenvalue weighted by molar-refractivity contribution is -0.118. The van der Waals surface area contributed by atoms with Crippen LogP contribution in [0.2, 0.25) is 5.02 Å². The Balaban J connectivity index is 1.83. The Labute approximate surface area is 199 Å². The van der Waals surface area contributed by atoms with Crippen LogP contribution in [0.15, 0.2) is 51.5 Å². The van der Waals surface area contributed by atoms with Gasteiger partial charge in [0.1, 0.15) is 5.56 Å². The fourth-order valence-electron chi connectivity index (χ4n) is 3.84. The number of hydrogen-bond donors (Lipinski definition) is 2. The first kappa shape index (κ1) is 22.6. The van der Waals surface area contributed by atoms with Gasteiger partial charge >= 0.3 is 0 Å². The fraction of sp³-hybridized carbons (Fsp3) is 0.261. The normalized spacial score (nSPS) is 14.8. The van der Waals surface area contributed by atoms with Crippen LogP contribution >= 0.6 is 34.7 Å².